The topological polar surface area (TPSA) is 35.0 Å². The molecule has 140 valence electrons. The Morgan fingerprint density at radius 2 is 1.11 bits per heavy atom. The smallest absolute Gasteiger partial charge is 0.497 e. The van der Waals surface area contributed by atoms with Crippen LogP contribution in [0.2, 0.25) is 0 Å². The van der Waals surface area contributed by atoms with E-state index in [0.29, 0.717) is 11.5 Å². The van der Waals surface area contributed by atoms with Crippen molar-refractivity contribution in [3.63, 3.8) is 0 Å². The molecule has 28 heavy (non-hydrogen) atoms. The second-order valence-electron chi connectivity index (χ2n) is 6.29. The van der Waals surface area contributed by atoms with Crippen LogP contribution < -0.4 is 4.74 Å². The number of hydrogen-bond donors (Lipinski definition) is 0. The molecule has 0 unspecified atom stereocenters. The number of hydrogen-bond acceptors (Lipinski definition) is 3. The largest absolute Gasteiger partial charge is 2.00 e. The van der Waals surface area contributed by atoms with Crippen molar-refractivity contribution >= 4 is 0 Å². The Balaban J connectivity index is 0.00000225. The Kier molecular flexibility index (Phi) is 6.36. The maximum absolute atomic E-state index is 6.05. The van der Waals surface area contributed by atoms with Crippen molar-refractivity contribution in [1.29, 1.82) is 0 Å². The summed E-state index contributed by atoms with van der Waals surface area (Å²) in [7, 11) is 0. The molecule has 4 heteroatoms. The summed E-state index contributed by atoms with van der Waals surface area (Å²) >= 11 is 0. The molecule has 2 heterocycles. The van der Waals surface area contributed by atoms with Gasteiger partial charge in [-0.3, -0.25) is 0 Å². The van der Waals surface area contributed by atoms with E-state index in [1.165, 1.54) is 0 Å². The SMILES string of the molecule is Cc1ccc(Oc2[c-]c(-c3ccccn3)c(C)cc2)[c-]c1-c1ccccn1.[Pd+2]. The zero-order chi connectivity index (χ0) is 18.6. The summed E-state index contributed by atoms with van der Waals surface area (Å²) in [6, 6.07) is 26.2. The summed E-state index contributed by atoms with van der Waals surface area (Å²) in [5, 5.41) is 0. The van der Waals surface area contributed by atoms with E-state index in [4.69, 9.17) is 4.74 Å². The maximum atomic E-state index is 6.05. The molecule has 0 N–H and O–H groups in total. The van der Waals surface area contributed by atoms with Gasteiger partial charge in [0.25, 0.3) is 0 Å². The van der Waals surface area contributed by atoms with Crippen LogP contribution in [0, 0.1) is 26.0 Å². The second kappa shape index (κ2) is 8.93. The third-order valence-corrected chi connectivity index (χ3v) is 4.32. The minimum atomic E-state index is 0. The molecule has 0 radical (unpaired) electrons. The first-order chi connectivity index (χ1) is 13.2. The van der Waals surface area contributed by atoms with Crippen molar-refractivity contribution in [3.05, 3.63) is 96.3 Å². The van der Waals surface area contributed by atoms with Crippen molar-refractivity contribution in [2.45, 2.75) is 13.8 Å². The molecular weight excluding hydrogens is 439 g/mol. The van der Waals surface area contributed by atoms with Gasteiger partial charge in [0.15, 0.2) is 0 Å². The van der Waals surface area contributed by atoms with Gasteiger partial charge in [0.2, 0.25) is 0 Å². The zero-order valence-corrected chi connectivity index (χ0v) is 17.1. The second-order valence-corrected chi connectivity index (χ2v) is 6.29. The monoisotopic (exact) mass is 456 g/mol. The minimum Gasteiger partial charge on any atom is -0.497 e. The van der Waals surface area contributed by atoms with E-state index >= 15 is 0 Å². The normalized spacial score (nSPS) is 10.2. The van der Waals surface area contributed by atoms with Crippen molar-refractivity contribution < 1.29 is 25.2 Å². The molecule has 0 aliphatic carbocycles. The average molecular weight is 457 g/mol. The van der Waals surface area contributed by atoms with E-state index in [1.807, 2.05) is 74.5 Å². The van der Waals surface area contributed by atoms with Crippen LogP contribution in [-0.4, -0.2) is 9.97 Å². The summed E-state index contributed by atoms with van der Waals surface area (Å²) in [6.07, 6.45) is 3.56. The molecule has 0 saturated heterocycles. The van der Waals surface area contributed by atoms with Gasteiger partial charge in [0.1, 0.15) is 0 Å². The van der Waals surface area contributed by atoms with Gasteiger partial charge >= 0.3 is 20.4 Å². The fourth-order valence-corrected chi connectivity index (χ4v) is 2.89. The molecule has 0 bridgehead atoms. The summed E-state index contributed by atoms with van der Waals surface area (Å²) in [6.45, 7) is 4.09. The molecular formula is C24H18N2OPd. The van der Waals surface area contributed by atoms with Gasteiger partial charge in [0, 0.05) is 23.9 Å². The van der Waals surface area contributed by atoms with E-state index in [9.17, 15) is 0 Å². The van der Waals surface area contributed by atoms with Gasteiger partial charge in [-0.2, -0.15) is 0 Å². The number of aryl methyl sites for hydroxylation is 2. The predicted molar refractivity (Wildman–Crippen MR) is 107 cm³/mol. The van der Waals surface area contributed by atoms with Crippen molar-refractivity contribution in [2.24, 2.45) is 0 Å². The zero-order valence-electron chi connectivity index (χ0n) is 15.5. The van der Waals surface area contributed by atoms with Crippen LogP contribution in [-0.2, 0) is 20.4 Å². The molecule has 0 aliphatic heterocycles. The van der Waals surface area contributed by atoms with Crippen molar-refractivity contribution in [2.75, 3.05) is 0 Å². The van der Waals surface area contributed by atoms with E-state index in [0.717, 1.165) is 33.6 Å². The molecule has 0 spiro atoms. The molecule has 2 aromatic carbocycles. The first kappa shape index (κ1) is 20.0. The van der Waals surface area contributed by atoms with Crippen molar-refractivity contribution in [1.82, 2.24) is 9.97 Å². The molecule has 0 amide bonds. The number of rotatable bonds is 4. The maximum Gasteiger partial charge on any atom is 2.00 e. The Morgan fingerprint density at radius 1 is 0.643 bits per heavy atom. The number of nitrogens with zero attached hydrogens (tertiary/aromatic N) is 2. The van der Waals surface area contributed by atoms with Gasteiger partial charge in [-0.1, -0.05) is 50.2 Å². The van der Waals surface area contributed by atoms with Gasteiger partial charge in [-0.25, -0.2) is 0 Å². The first-order valence-corrected chi connectivity index (χ1v) is 8.77. The van der Waals surface area contributed by atoms with E-state index in [-0.39, 0.29) is 20.4 Å². The molecule has 2 aromatic heterocycles. The van der Waals surface area contributed by atoms with Gasteiger partial charge in [-0.05, 0) is 23.5 Å². The molecule has 4 aromatic rings. The fraction of sp³-hybridized carbons (Fsp3) is 0.0833. The van der Waals surface area contributed by atoms with Crippen LogP contribution in [0.1, 0.15) is 11.1 Å². The molecule has 0 fully saturated rings. The average Bonchev–Trinajstić information content (AvgIpc) is 2.72. The Hall–Kier alpha value is -2.80. The first-order valence-electron chi connectivity index (χ1n) is 8.77. The minimum absolute atomic E-state index is 0. The van der Waals surface area contributed by atoms with Crippen LogP contribution >= 0.6 is 0 Å². The Labute approximate surface area is 179 Å². The van der Waals surface area contributed by atoms with E-state index in [1.54, 1.807) is 12.4 Å². The summed E-state index contributed by atoms with van der Waals surface area (Å²) in [5.41, 5.74) is 5.83. The summed E-state index contributed by atoms with van der Waals surface area (Å²) in [4.78, 5) is 8.84. The number of benzene rings is 2. The quantitative estimate of drug-likeness (QED) is 0.287. The van der Waals surface area contributed by atoms with Gasteiger partial charge in [-0.15, -0.1) is 46.5 Å². The van der Waals surface area contributed by atoms with Crippen LogP contribution in [0.15, 0.2) is 73.1 Å². The van der Waals surface area contributed by atoms with Crippen molar-refractivity contribution in [3.8, 4) is 34.0 Å². The van der Waals surface area contributed by atoms with Crippen LogP contribution in [0.25, 0.3) is 22.5 Å². The third kappa shape index (κ3) is 4.36. The third-order valence-electron chi connectivity index (χ3n) is 4.32. The van der Waals surface area contributed by atoms with E-state index < -0.39 is 0 Å². The number of aromatic nitrogens is 2. The predicted octanol–water partition coefficient (Wildman–Crippen LogP) is 5.82. The molecule has 0 atom stereocenters. The summed E-state index contributed by atoms with van der Waals surface area (Å²) in [5.74, 6) is 1.27. The Bertz CT molecular complexity index is 979. The summed E-state index contributed by atoms with van der Waals surface area (Å²) < 4.78 is 6.05. The van der Waals surface area contributed by atoms with Crippen LogP contribution in [0.3, 0.4) is 0 Å². The number of ether oxygens (including phenoxy) is 1. The van der Waals surface area contributed by atoms with Crippen LogP contribution in [0.4, 0.5) is 0 Å². The van der Waals surface area contributed by atoms with Crippen LogP contribution in [0.5, 0.6) is 11.5 Å². The molecule has 0 saturated carbocycles. The molecule has 0 aliphatic rings. The van der Waals surface area contributed by atoms with Gasteiger partial charge < -0.3 is 14.7 Å². The molecule has 3 nitrogen and oxygen atoms in total. The molecule has 4 rings (SSSR count). The number of pyridine rings is 2. The fourth-order valence-electron chi connectivity index (χ4n) is 2.89. The van der Waals surface area contributed by atoms with Gasteiger partial charge in [0.05, 0.1) is 0 Å². The van der Waals surface area contributed by atoms with E-state index in [2.05, 4.69) is 22.1 Å². The Morgan fingerprint density at radius 3 is 1.50 bits per heavy atom. The standard InChI is InChI=1S/C24H18N2O.Pd/c1-17-9-11-19(15-21(17)23-7-3-5-13-25-23)27-20-12-10-18(2)22(16-20)24-8-4-6-14-26-24;/h3-14H,1-2H3;/q-2;+2.